The summed E-state index contributed by atoms with van der Waals surface area (Å²) in [6, 6.07) is 0.644. The van der Waals surface area contributed by atoms with Crippen LogP contribution in [0.1, 0.15) is 46.0 Å². The van der Waals surface area contributed by atoms with E-state index in [1.807, 2.05) is 18.7 Å². The van der Waals surface area contributed by atoms with E-state index in [1.165, 1.54) is 0 Å². The zero-order valence-corrected chi connectivity index (χ0v) is 12.5. The Labute approximate surface area is 120 Å². The van der Waals surface area contributed by atoms with Crippen molar-refractivity contribution in [3.05, 3.63) is 0 Å². The van der Waals surface area contributed by atoms with Crippen molar-refractivity contribution in [3.8, 4) is 0 Å². The van der Waals surface area contributed by atoms with Gasteiger partial charge in [-0.15, -0.1) is 0 Å². The van der Waals surface area contributed by atoms with Crippen LogP contribution in [-0.4, -0.2) is 58.5 Å². The van der Waals surface area contributed by atoms with Crippen molar-refractivity contribution in [3.63, 3.8) is 0 Å². The molecule has 0 saturated carbocycles. The number of rotatable bonds is 7. The highest BCUT2D eigenvalue weighted by molar-refractivity contribution is 5.76. The maximum absolute atomic E-state index is 11.9. The molecule has 2 heterocycles. The number of carboxylic acid groups (broad SMARTS) is 1. The lowest BCUT2D eigenvalue weighted by molar-refractivity contribution is -0.142. The highest BCUT2D eigenvalue weighted by Crippen LogP contribution is 2.41. The third-order valence-electron chi connectivity index (χ3n) is 4.92. The second-order valence-electron chi connectivity index (χ2n) is 5.89. The molecule has 0 radical (unpaired) electrons. The van der Waals surface area contributed by atoms with Crippen LogP contribution >= 0.6 is 0 Å². The average Bonchev–Trinajstić information content (AvgIpc) is 2.97. The Balaban J connectivity index is 1.78. The number of hydrogen-bond acceptors (Lipinski definition) is 3. The van der Waals surface area contributed by atoms with E-state index in [-0.39, 0.29) is 17.9 Å². The van der Waals surface area contributed by atoms with Gasteiger partial charge in [-0.05, 0) is 46.1 Å². The van der Waals surface area contributed by atoms with Crippen LogP contribution in [-0.2, 0) is 9.59 Å². The molecular weight excluding hydrogens is 256 g/mol. The summed E-state index contributed by atoms with van der Waals surface area (Å²) in [6.07, 6.45) is 4.35. The molecule has 0 spiro atoms. The summed E-state index contributed by atoms with van der Waals surface area (Å²) in [5.41, 5.74) is 0. The third kappa shape index (κ3) is 2.97. The van der Waals surface area contributed by atoms with Crippen LogP contribution in [0.3, 0.4) is 0 Å². The first-order valence-electron chi connectivity index (χ1n) is 7.84. The van der Waals surface area contributed by atoms with Gasteiger partial charge in [0.25, 0.3) is 0 Å². The van der Waals surface area contributed by atoms with Gasteiger partial charge >= 0.3 is 5.97 Å². The fraction of sp³-hybridized carbons (Fsp3) is 0.867. The molecular formula is C15H26N2O3. The molecule has 0 aromatic carbocycles. The Morgan fingerprint density at radius 3 is 2.50 bits per heavy atom. The molecule has 0 aromatic rings. The molecule has 5 heteroatoms. The van der Waals surface area contributed by atoms with Crippen molar-refractivity contribution in [2.45, 2.75) is 58.0 Å². The number of amides is 1. The first kappa shape index (κ1) is 15.3. The van der Waals surface area contributed by atoms with Gasteiger partial charge in [0.05, 0.1) is 5.92 Å². The van der Waals surface area contributed by atoms with Gasteiger partial charge in [0.15, 0.2) is 0 Å². The van der Waals surface area contributed by atoms with Gasteiger partial charge in [-0.2, -0.15) is 0 Å². The number of carboxylic acids is 1. The minimum absolute atomic E-state index is 0.188. The largest absolute Gasteiger partial charge is 0.481 e. The van der Waals surface area contributed by atoms with Gasteiger partial charge in [-0.25, -0.2) is 0 Å². The topological polar surface area (TPSA) is 60.9 Å². The van der Waals surface area contributed by atoms with Crippen molar-refractivity contribution in [1.82, 2.24) is 9.80 Å². The van der Waals surface area contributed by atoms with E-state index in [0.717, 1.165) is 45.3 Å². The predicted octanol–water partition coefficient (Wildman–Crippen LogP) is 1.57. The molecule has 114 valence electrons. The summed E-state index contributed by atoms with van der Waals surface area (Å²) in [7, 11) is 0. The molecule has 20 heavy (non-hydrogen) atoms. The van der Waals surface area contributed by atoms with E-state index in [2.05, 4.69) is 4.90 Å². The summed E-state index contributed by atoms with van der Waals surface area (Å²) in [5, 5.41) is 9.22. The van der Waals surface area contributed by atoms with Crippen LogP contribution in [0.5, 0.6) is 0 Å². The fourth-order valence-electron chi connectivity index (χ4n) is 3.86. The van der Waals surface area contributed by atoms with Crippen molar-refractivity contribution in [2.75, 3.05) is 19.6 Å². The first-order valence-corrected chi connectivity index (χ1v) is 7.84. The third-order valence-corrected chi connectivity index (χ3v) is 4.92. The minimum atomic E-state index is -0.651. The number of fused-ring (bicyclic) bond motifs is 2. The molecule has 3 atom stereocenters. The van der Waals surface area contributed by atoms with Gasteiger partial charge in [-0.3, -0.25) is 14.5 Å². The van der Waals surface area contributed by atoms with Crippen LogP contribution in [0.2, 0.25) is 0 Å². The number of aliphatic carboxylic acids is 1. The van der Waals surface area contributed by atoms with Gasteiger partial charge in [0, 0.05) is 31.6 Å². The highest BCUT2D eigenvalue weighted by atomic mass is 16.4. The van der Waals surface area contributed by atoms with Crippen LogP contribution in [0.15, 0.2) is 0 Å². The second-order valence-corrected chi connectivity index (χ2v) is 5.89. The Morgan fingerprint density at radius 1 is 1.25 bits per heavy atom. The standard InChI is InChI=1S/C15H26N2O3/c1-3-16(4-2)14(18)6-5-9-17-11-7-8-13(17)12(10-11)15(19)20/h11-13H,3-10H2,1-2H3,(H,19,20). The van der Waals surface area contributed by atoms with Gasteiger partial charge in [0.1, 0.15) is 0 Å². The van der Waals surface area contributed by atoms with E-state index in [9.17, 15) is 14.7 Å². The smallest absolute Gasteiger partial charge is 0.308 e. The number of carbonyl (C=O) groups excluding carboxylic acids is 1. The highest BCUT2D eigenvalue weighted by Gasteiger charge is 2.48. The fourth-order valence-corrected chi connectivity index (χ4v) is 3.86. The SMILES string of the molecule is CCN(CC)C(=O)CCCN1C2CCC1C(C(=O)O)C2. The number of carbonyl (C=O) groups is 2. The van der Waals surface area contributed by atoms with Crippen LogP contribution < -0.4 is 0 Å². The summed E-state index contributed by atoms with van der Waals surface area (Å²) >= 11 is 0. The van der Waals surface area contributed by atoms with Crippen molar-refractivity contribution in [1.29, 1.82) is 0 Å². The molecule has 2 rings (SSSR count). The lowest BCUT2D eigenvalue weighted by Gasteiger charge is -2.23. The quantitative estimate of drug-likeness (QED) is 0.770. The molecule has 2 bridgehead atoms. The lowest BCUT2D eigenvalue weighted by Crippen LogP contribution is -2.35. The van der Waals surface area contributed by atoms with Crippen molar-refractivity contribution in [2.24, 2.45) is 5.92 Å². The molecule has 2 aliphatic heterocycles. The van der Waals surface area contributed by atoms with Gasteiger partial charge in [0.2, 0.25) is 5.91 Å². The molecule has 1 N–H and O–H groups in total. The Morgan fingerprint density at radius 2 is 1.95 bits per heavy atom. The second kappa shape index (κ2) is 6.57. The normalized spacial score (nSPS) is 28.8. The molecule has 3 unspecified atom stereocenters. The molecule has 0 aromatic heterocycles. The maximum atomic E-state index is 11.9. The van der Waals surface area contributed by atoms with Gasteiger partial charge < -0.3 is 10.0 Å². The average molecular weight is 282 g/mol. The first-order chi connectivity index (χ1) is 9.58. The summed E-state index contributed by atoms with van der Waals surface area (Å²) in [5.74, 6) is -0.620. The Bertz CT molecular complexity index is 368. The number of hydrogen-bond donors (Lipinski definition) is 1. The molecule has 1 amide bonds. The van der Waals surface area contributed by atoms with E-state index in [0.29, 0.717) is 12.5 Å². The minimum Gasteiger partial charge on any atom is -0.481 e. The van der Waals surface area contributed by atoms with Crippen molar-refractivity contribution >= 4 is 11.9 Å². The molecule has 5 nitrogen and oxygen atoms in total. The van der Waals surface area contributed by atoms with Crippen LogP contribution in [0.4, 0.5) is 0 Å². The zero-order chi connectivity index (χ0) is 14.7. The van der Waals surface area contributed by atoms with Crippen LogP contribution in [0.25, 0.3) is 0 Å². The molecule has 0 aliphatic carbocycles. The maximum Gasteiger partial charge on any atom is 0.308 e. The van der Waals surface area contributed by atoms with Crippen LogP contribution in [0, 0.1) is 5.92 Å². The van der Waals surface area contributed by atoms with E-state index in [4.69, 9.17) is 0 Å². The molecule has 2 saturated heterocycles. The Hall–Kier alpha value is -1.10. The number of nitrogens with zero attached hydrogens (tertiary/aromatic N) is 2. The monoisotopic (exact) mass is 282 g/mol. The molecule has 2 fully saturated rings. The summed E-state index contributed by atoms with van der Waals surface area (Å²) in [6.45, 7) is 6.40. The zero-order valence-electron chi connectivity index (χ0n) is 12.5. The summed E-state index contributed by atoms with van der Waals surface area (Å²) < 4.78 is 0. The van der Waals surface area contributed by atoms with E-state index >= 15 is 0 Å². The molecule has 2 aliphatic rings. The van der Waals surface area contributed by atoms with E-state index in [1.54, 1.807) is 0 Å². The lowest BCUT2D eigenvalue weighted by atomic mass is 9.89. The van der Waals surface area contributed by atoms with E-state index < -0.39 is 5.97 Å². The Kier molecular flexibility index (Phi) is 5.02. The summed E-state index contributed by atoms with van der Waals surface area (Å²) in [4.78, 5) is 27.3. The van der Waals surface area contributed by atoms with Crippen molar-refractivity contribution < 1.29 is 14.7 Å². The predicted molar refractivity (Wildman–Crippen MR) is 76.4 cm³/mol. The van der Waals surface area contributed by atoms with Gasteiger partial charge in [-0.1, -0.05) is 0 Å².